The van der Waals surface area contributed by atoms with Crippen LogP contribution in [0, 0.1) is 0 Å². The normalized spacial score (nSPS) is 36.8. The smallest absolute Gasteiger partial charge is 0.339 e. The van der Waals surface area contributed by atoms with Gasteiger partial charge in [0.15, 0.2) is 6.29 Å². The van der Waals surface area contributed by atoms with Gasteiger partial charge >= 0.3 is 5.66 Å². The number of alkyl halides is 2. The molecule has 1 aliphatic rings. The van der Waals surface area contributed by atoms with Crippen LogP contribution in [0.15, 0.2) is 0 Å². The number of aliphatic hydroxyl groups is 3. The van der Waals surface area contributed by atoms with Gasteiger partial charge in [-0.15, -0.1) is 0 Å². The van der Waals surface area contributed by atoms with Crippen molar-refractivity contribution in [1.29, 1.82) is 0 Å². The molecule has 1 unspecified atom stereocenters. The van der Waals surface area contributed by atoms with E-state index in [1.165, 1.54) is 0 Å². The topological polar surface area (TPSA) is 139 Å². The Kier molecular flexibility index (Phi) is 3.83. The minimum Gasteiger partial charge on any atom is -0.683 e. The third-order valence-electron chi connectivity index (χ3n) is 2.18. The monoisotopic (exact) mass is 262 g/mol. The molecule has 0 bridgehead atoms. The van der Waals surface area contributed by atoms with E-state index in [4.69, 9.17) is 15.3 Å². The number of rotatable bonds is 3. The van der Waals surface area contributed by atoms with Crippen LogP contribution in [0.4, 0.5) is 8.78 Å². The molecule has 0 aromatic rings. The summed E-state index contributed by atoms with van der Waals surface area (Å²) in [5.41, 5.74) is -4.61. The zero-order valence-electron chi connectivity index (χ0n) is 7.69. The van der Waals surface area contributed by atoms with Gasteiger partial charge in [0, 0.05) is 0 Å². The molecule has 1 heterocycles. The first-order valence-corrected chi connectivity index (χ1v) is 5.70. The van der Waals surface area contributed by atoms with Crippen LogP contribution in [0.2, 0.25) is 0 Å². The standard InChI is InChI=1S/C6H11F2O7P/c7-6(8,16(12,13)14)1-2-3(9)4(10)5(11)15-2/h2-5,9-11H,1H2,(H2,12,13,14)/p-2/t2-,3-,4+,5?/m1/s1. The summed E-state index contributed by atoms with van der Waals surface area (Å²) in [5, 5.41) is 26.9. The zero-order chi connectivity index (χ0) is 12.7. The fraction of sp³-hybridized carbons (Fsp3) is 1.00. The van der Waals surface area contributed by atoms with E-state index in [9.17, 15) is 23.5 Å². The summed E-state index contributed by atoms with van der Waals surface area (Å²) in [6.07, 6.45) is -9.04. The molecule has 0 aliphatic carbocycles. The highest BCUT2D eigenvalue weighted by molar-refractivity contribution is 7.55. The molecule has 0 aromatic heterocycles. The summed E-state index contributed by atoms with van der Waals surface area (Å²) < 4.78 is 29.8. The molecule has 1 fully saturated rings. The van der Waals surface area contributed by atoms with Crippen LogP contribution in [0.25, 0.3) is 0 Å². The molecular formula is C6H9F2O7P-2. The molecule has 0 spiro atoms. The van der Waals surface area contributed by atoms with E-state index in [0.717, 1.165) is 0 Å². The van der Waals surface area contributed by atoms with E-state index in [0.29, 0.717) is 0 Å². The van der Waals surface area contributed by atoms with Crippen LogP contribution in [-0.2, 0) is 4.74 Å². The van der Waals surface area contributed by atoms with Gasteiger partial charge in [0.05, 0.1) is 12.5 Å². The van der Waals surface area contributed by atoms with Crippen LogP contribution in [0.5, 0.6) is 0 Å². The number of ether oxygens (including phenoxy) is 1. The molecular weight excluding hydrogens is 253 g/mol. The van der Waals surface area contributed by atoms with Gasteiger partial charge in [-0.1, -0.05) is 7.94 Å². The predicted molar refractivity (Wildman–Crippen MR) is 39.4 cm³/mol. The molecule has 7 nitrogen and oxygen atoms in total. The van der Waals surface area contributed by atoms with Gasteiger partial charge in [-0.25, -0.2) is 0 Å². The molecule has 3 N–H and O–H groups in total. The maximum Gasteiger partial charge on any atom is 0.339 e. The Morgan fingerprint density at radius 1 is 1.12 bits per heavy atom. The highest BCUT2D eigenvalue weighted by Crippen LogP contribution is 2.52. The maximum absolute atomic E-state index is 12.8. The largest absolute Gasteiger partial charge is 0.683 e. The highest BCUT2D eigenvalue weighted by Gasteiger charge is 2.50. The molecule has 0 saturated carbocycles. The highest BCUT2D eigenvalue weighted by atomic mass is 31.2. The van der Waals surface area contributed by atoms with Crippen LogP contribution in [0.3, 0.4) is 0 Å². The van der Waals surface area contributed by atoms with Crippen molar-refractivity contribution in [2.75, 3.05) is 0 Å². The average Bonchev–Trinajstić information content (AvgIpc) is 2.31. The second-order valence-electron chi connectivity index (χ2n) is 3.41. The van der Waals surface area contributed by atoms with E-state index < -0.39 is 44.6 Å². The molecule has 1 aliphatic heterocycles. The number of halogens is 2. The van der Waals surface area contributed by atoms with Crippen LogP contribution in [0.1, 0.15) is 6.42 Å². The van der Waals surface area contributed by atoms with Crippen molar-refractivity contribution in [2.45, 2.75) is 36.7 Å². The van der Waals surface area contributed by atoms with Gasteiger partial charge in [0.1, 0.15) is 12.2 Å². The first kappa shape index (κ1) is 14.1. The maximum atomic E-state index is 12.8. The van der Waals surface area contributed by atoms with E-state index in [-0.39, 0.29) is 0 Å². The van der Waals surface area contributed by atoms with Crippen molar-refractivity contribution in [3.63, 3.8) is 0 Å². The lowest BCUT2D eigenvalue weighted by Crippen LogP contribution is -2.48. The Morgan fingerprint density at radius 3 is 1.94 bits per heavy atom. The zero-order valence-corrected chi connectivity index (χ0v) is 8.59. The Bertz CT molecular complexity index is 258. The summed E-state index contributed by atoms with van der Waals surface area (Å²) in [5.74, 6) is 0. The molecule has 4 atom stereocenters. The van der Waals surface area contributed by atoms with Gasteiger partial charge in [-0.2, -0.15) is 8.78 Å². The third-order valence-corrected chi connectivity index (χ3v) is 3.17. The minimum absolute atomic E-state index is 1.62. The molecule has 96 valence electrons. The second-order valence-corrected chi connectivity index (χ2v) is 5.06. The summed E-state index contributed by atoms with van der Waals surface area (Å²) in [6.45, 7) is 0. The second kappa shape index (κ2) is 4.35. The summed E-state index contributed by atoms with van der Waals surface area (Å²) >= 11 is 0. The molecule has 0 amide bonds. The molecule has 16 heavy (non-hydrogen) atoms. The van der Waals surface area contributed by atoms with E-state index in [1.807, 2.05) is 0 Å². The average molecular weight is 262 g/mol. The Hall–Kier alpha value is 0.0100. The summed E-state index contributed by atoms with van der Waals surface area (Å²) in [7, 11) is -6.17. The van der Waals surface area contributed by atoms with Crippen molar-refractivity contribution >= 4 is 7.94 Å². The quantitative estimate of drug-likeness (QED) is 0.444. The fourth-order valence-electron chi connectivity index (χ4n) is 1.25. The van der Waals surface area contributed by atoms with Crippen molar-refractivity contribution in [1.82, 2.24) is 0 Å². The molecule has 1 rings (SSSR count). The number of hydrogen-bond donors (Lipinski definition) is 3. The Balaban J connectivity index is 2.69. The van der Waals surface area contributed by atoms with Crippen molar-refractivity contribution in [2.24, 2.45) is 0 Å². The first-order valence-electron chi connectivity index (χ1n) is 4.16. The third kappa shape index (κ3) is 2.63. The molecule has 10 heteroatoms. The summed E-state index contributed by atoms with van der Waals surface area (Å²) in [6, 6.07) is 0. The minimum atomic E-state index is -6.17. The van der Waals surface area contributed by atoms with Crippen LogP contribution < -0.4 is 14.7 Å². The van der Waals surface area contributed by atoms with Gasteiger partial charge in [-0.05, 0) is 0 Å². The molecule has 0 aromatic carbocycles. The Morgan fingerprint density at radius 2 is 1.62 bits per heavy atom. The first-order chi connectivity index (χ1) is 7.06. The fourth-order valence-corrected chi connectivity index (χ4v) is 1.65. The van der Waals surface area contributed by atoms with Gasteiger partial charge in [0.2, 0.25) is 0 Å². The van der Waals surface area contributed by atoms with E-state index >= 15 is 0 Å². The lowest BCUT2D eigenvalue weighted by Gasteiger charge is -2.47. The SMILES string of the molecule is [O-][P+]([O-])([O-])C(F)(F)C[C@H]1OC(O)[C@@H](O)[C@@H]1O. The lowest BCUT2D eigenvalue weighted by molar-refractivity contribution is -0.447. The number of hydrogen-bond acceptors (Lipinski definition) is 7. The van der Waals surface area contributed by atoms with Gasteiger partial charge in [0.25, 0.3) is 0 Å². The van der Waals surface area contributed by atoms with E-state index in [2.05, 4.69) is 4.74 Å². The van der Waals surface area contributed by atoms with Crippen molar-refractivity contribution in [3.8, 4) is 0 Å². The van der Waals surface area contributed by atoms with Crippen molar-refractivity contribution < 1.29 is 43.5 Å². The lowest BCUT2D eigenvalue weighted by atomic mass is 10.1. The van der Waals surface area contributed by atoms with Gasteiger partial charge < -0.3 is 34.7 Å². The molecule has 0 radical (unpaired) electrons. The van der Waals surface area contributed by atoms with Crippen LogP contribution >= 0.6 is 7.94 Å². The summed E-state index contributed by atoms with van der Waals surface area (Å²) in [4.78, 5) is 30.5. The van der Waals surface area contributed by atoms with Gasteiger partial charge in [-0.3, -0.25) is 0 Å². The predicted octanol–water partition coefficient (Wildman–Crippen LogP) is -3.75. The Labute approximate surface area is 89.1 Å². The number of aliphatic hydroxyl groups excluding tert-OH is 3. The van der Waals surface area contributed by atoms with Crippen LogP contribution in [-0.4, -0.2) is 45.6 Å². The molecule has 1 saturated heterocycles. The van der Waals surface area contributed by atoms with E-state index in [1.54, 1.807) is 0 Å². The van der Waals surface area contributed by atoms with Crippen molar-refractivity contribution in [3.05, 3.63) is 0 Å².